The summed E-state index contributed by atoms with van der Waals surface area (Å²) in [6.07, 6.45) is 6.33. The molecule has 0 amide bonds. The fourth-order valence-electron chi connectivity index (χ4n) is 1.61. The van der Waals surface area contributed by atoms with Crippen molar-refractivity contribution in [2.24, 2.45) is 0 Å². The number of nitrogen functional groups attached to an aromatic ring is 2. The Morgan fingerprint density at radius 2 is 2.21 bits per heavy atom. The summed E-state index contributed by atoms with van der Waals surface area (Å²) in [5.41, 5.74) is 12.5. The number of hydrogen-bond donors (Lipinski definition) is 3. The Labute approximate surface area is 114 Å². The van der Waals surface area contributed by atoms with Crippen molar-refractivity contribution in [3.05, 3.63) is 25.0 Å². The van der Waals surface area contributed by atoms with Gasteiger partial charge in [-0.15, -0.1) is 0 Å². The lowest BCUT2D eigenvalue weighted by Crippen LogP contribution is -2.23. The van der Waals surface area contributed by atoms with E-state index in [2.05, 4.69) is 16.9 Å². The van der Waals surface area contributed by atoms with Gasteiger partial charge < -0.3 is 16.8 Å². The van der Waals surface area contributed by atoms with Crippen LogP contribution in [0.2, 0.25) is 0 Å². The van der Waals surface area contributed by atoms with Crippen molar-refractivity contribution >= 4 is 23.5 Å². The second kappa shape index (κ2) is 7.25. The van der Waals surface area contributed by atoms with Crippen molar-refractivity contribution in [1.29, 1.82) is 0 Å². The van der Waals surface area contributed by atoms with Crippen molar-refractivity contribution in [3.8, 4) is 0 Å². The minimum atomic E-state index is 0.570. The van der Waals surface area contributed by atoms with Crippen molar-refractivity contribution in [2.75, 3.05) is 44.0 Å². The van der Waals surface area contributed by atoms with E-state index in [0.717, 1.165) is 19.5 Å². The van der Waals surface area contributed by atoms with Gasteiger partial charge in [-0.25, -0.2) is 9.88 Å². The Morgan fingerprint density at radius 1 is 1.47 bits per heavy atom. The van der Waals surface area contributed by atoms with Gasteiger partial charge in [0.25, 0.3) is 0 Å². The van der Waals surface area contributed by atoms with Crippen LogP contribution >= 0.6 is 0 Å². The first-order valence-corrected chi connectivity index (χ1v) is 6.17. The first-order chi connectivity index (χ1) is 9.02. The highest BCUT2D eigenvalue weighted by molar-refractivity contribution is 5.65. The Balaban J connectivity index is 2.38. The average molecular weight is 263 g/mol. The third-order valence-corrected chi connectivity index (χ3v) is 2.44. The SMILES string of the molecule is C=CN(C=[N+](C)C)CCCNc1ncc(N)cc1N. The highest BCUT2D eigenvalue weighted by Crippen LogP contribution is 2.16. The molecule has 0 saturated heterocycles. The van der Waals surface area contributed by atoms with Crippen LogP contribution in [0.3, 0.4) is 0 Å². The molecule has 5 N–H and O–H groups in total. The lowest BCUT2D eigenvalue weighted by atomic mass is 10.3. The Bertz CT molecular complexity index is 450. The number of nitrogens with zero attached hydrogens (tertiary/aromatic N) is 3. The number of rotatable bonds is 7. The van der Waals surface area contributed by atoms with Crippen LogP contribution in [0.1, 0.15) is 6.42 Å². The first kappa shape index (κ1) is 14.8. The van der Waals surface area contributed by atoms with Gasteiger partial charge in [0, 0.05) is 13.0 Å². The zero-order valence-electron chi connectivity index (χ0n) is 11.6. The third kappa shape index (κ3) is 5.29. The summed E-state index contributed by atoms with van der Waals surface area (Å²) in [4.78, 5) is 6.18. The van der Waals surface area contributed by atoms with Gasteiger partial charge in [-0.2, -0.15) is 0 Å². The van der Waals surface area contributed by atoms with Gasteiger partial charge in [-0.1, -0.05) is 6.58 Å². The molecule has 1 aromatic rings. The zero-order valence-corrected chi connectivity index (χ0v) is 11.6. The number of nitrogens with one attached hydrogen (secondary N) is 1. The van der Waals surface area contributed by atoms with Crippen LogP contribution in [0.15, 0.2) is 25.0 Å². The van der Waals surface area contributed by atoms with Crippen LogP contribution in [0.5, 0.6) is 0 Å². The van der Waals surface area contributed by atoms with E-state index in [9.17, 15) is 0 Å². The summed E-state index contributed by atoms with van der Waals surface area (Å²) in [7, 11) is 3.96. The minimum Gasteiger partial charge on any atom is -0.397 e. The van der Waals surface area contributed by atoms with Gasteiger partial charge in [0.1, 0.15) is 5.82 Å². The van der Waals surface area contributed by atoms with E-state index in [1.165, 1.54) is 0 Å². The van der Waals surface area contributed by atoms with E-state index in [-0.39, 0.29) is 0 Å². The molecule has 0 fully saturated rings. The van der Waals surface area contributed by atoms with Crippen LogP contribution in [0.4, 0.5) is 17.2 Å². The smallest absolute Gasteiger partial charge is 0.238 e. The molecule has 1 heterocycles. The van der Waals surface area contributed by atoms with E-state index in [0.29, 0.717) is 17.2 Å². The summed E-state index contributed by atoms with van der Waals surface area (Å²) >= 11 is 0. The number of nitrogens with two attached hydrogens (primary N) is 2. The summed E-state index contributed by atoms with van der Waals surface area (Å²) < 4.78 is 1.98. The maximum Gasteiger partial charge on any atom is 0.238 e. The molecule has 0 aliphatic rings. The van der Waals surface area contributed by atoms with Crippen LogP contribution < -0.4 is 16.8 Å². The number of pyridine rings is 1. The number of aromatic nitrogens is 1. The topological polar surface area (TPSA) is 83.2 Å². The second-order valence-corrected chi connectivity index (χ2v) is 4.49. The molecular formula is C13H23N6+. The van der Waals surface area contributed by atoms with E-state index < -0.39 is 0 Å². The average Bonchev–Trinajstić information content (AvgIpc) is 2.34. The monoisotopic (exact) mass is 263 g/mol. The standard InChI is InChI=1S/C13H23N6/c1-4-19(10-18(2)3)7-5-6-16-13-12(15)8-11(14)9-17-13/h4,8-10H,1,5-7,14-15H2,2-3H3,(H,16,17)/q+1. The van der Waals surface area contributed by atoms with Gasteiger partial charge in [-0.05, 0) is 6.07 Å². The molecule has 0 spiro atoms. The number of hydrogen-bond acceptors (Lipinski definition) is 4. The largest absolute Gasteiger partial charge is 0.397 e. The molecule has 104 valence electrons. The second-order valence-electron chi connectivity index (χ2n) is 4.49. The molecule has 0 bridgehead atoms. The predicted molar refractivity (Wildman–Crippen MR) is 81.2 cm³/mol. The number of anilines is 3. The van der Waals surface area contributed by atoms with E-state index in [1.54, 1.807) is 18.5 Å². The van der Waals surface area contributed by atoms with Crippen molar-refractivity contribution < 1.29 is 4.58 Å². The molecule has 0 atom stereocenters. The fourth-order valence-corrected chi connectivity index (χ4v) is 1.61. The highest BCUT2D eigenvalue weighted by Gasteiger charge is 2.04. The molecule has 0 aliphatic heterocycles. The summed E-state index contributed by atoms with van der Waals surface area (Å²) in [5, 5.41) is 3.19. The summed E-state index contributed by atoms with van der Waals surface area (Å²) in [6, 6.07) is 1.70. The third-order valence-electron chi connectivity index (χ3n) is 2.44. The van der Waals surface area contributed by atoms with E-state index >= 15 is 0 Å². The predicted octanol–water partition coefficient (Wildman–Crippen LogP) is 0.794. The lowest BCUT2D eigenvalue weighted by molar-refractivity contribution is -0.463. The maximum atomic E-state index is 5.81. The van der Waals surface area contributed by atoms with Crippen molar-refractivity contribution in [1.82, 2.24) is 9.88 Å². The lowest BCUT2D eigenvalue weighted by Gasteiger charge is -2.10. The van der Waals surface area contributed by atoms with Gasteiger partial charge in [0.2, 0.25) is 6.34 Å². The maximum absolute atomic E-state index is 5.81. The van der Waals surface area contributed by atoms with Crippen LogP contribution in [-0.2, 0) is 0 Å². The molecular weight excluding hydrogens is 240 g/mol. The first-order valence-electron chi connectivity index (χ1n) is 6.17. The zero-order chi connectivity index (χ0) is 14.3. The molecule has 0 aliphatic carbocycles. The van der Waals surface area contributed by atoms with Crippen molar-refractivity contribution in [3.63, 3.8) is 0 Å². The molecule has 0 aromatic carbocycles. The van der Waals surface area contributed by atoms with Gasteiger partial charge in [0.15, 0.2) is 0 Å². The molecule has 6 heteroatoms. The van der Waals surface area contributed by atoms with E-state index in [4.69, 9.17) is 11.5 Å². The molecule has 0 saturated carbocycles. The molecule has 0 radical (unpaired) electrons. The molecule has 1 rings (SSSR count). The Hall–Kier alpha value is -2.24. The van der Waals surface area contributed by atoms with Gasteiger partial charge in [-0.3, -0.25) is 4.58 Å². The molecule has 0 unspecified atom stereocenters. The van der Waals surface area contributed by atoms with Gasteiger partial charge in [0.05, 0.1) is 44.4 Å². The fraction of sp³-hybridized carbons (Fsp3) is 0.385. The molecule has 1 aromatic heterocycles. The molecule has 6 nitrogen and oxygen atoms in total. The normalized spacial score (nSPS) is 9.79. The van der Waals surface area contributed by atoms with Gasteiger partial charge >= 0.3 is 0 Å². The van der Waals surface area contributed by atoms with Crippen LogP contribution in [-0.4, -0.2) is 48.0 Å². The molecule has 19 heavy (non-hydrogen) atoms. The summed E-state index contributed by atoms with van der Waals surface area (Å²) in [5.74, 6) is 0.677. The van der Waals surface area contributed by atoms with Crippen LogP contribution in [0.25, 0.3) is 0 Å². The quantitative estimate of drug-likeness (QED) is 0.293. The highest BCUT2D eigenvalue weighted by atomic mass is 15.2. The van der Waals surface area contributed by atoms with E-state index in [1.807, 2.05) is 29.9 Å². The Morgan fingerprint density at radius 3 is 2.79 bits per heavy atom. The minimum absolute atomic E-state index is 0.570. The van der Waals surface area contributed by atoms with Crippen LogP contribution in [0, 0.1) is 0 Å². The van der Waals surface area contributed by atoms with Crippen molar-refractivity contribution in [2.45, 2.75) is 6.42 Å². The summed E-state index contributed by atoms with van der Waals surface area (Å²) in [6.45, 7) is 5.44. The Kier molecular flexibility index (Phi) is 5.66.